The molecule has 0 unspecified atom stereocenters. The van der Waals surface area contributed by atoms with Crippen LogP contribution < -0.4 is 4.90 Å². The predicted molar refractivity (Wildman–Crippen MR) is 78.5 cm³/mol. The van der Waals surface area contributed by atoms with Crippen LogP contribution in [0.2, 0.25) is 0 Å². The van der Waals surface area contributed by atoms with Crippen LogP contribution in [0.4, 0.5) is 5.82 Å². The number of rotatable bonds is 6. The van der Waals surface area contributed by atoms with Gasteiger partial charge in [-0.3, -0.25) is 0 Å². The fourth-order valence-electron chi connectivity index (χ4n) is 2.20. The van der Waals surface area contributed by atoms with Crippen LogP contribution >= 0.6 is 0 Å². The average Bonchev–Trinajstić information content (AvgIpc) is 2.46. The zero-order valence-electron chi connectivity index (χ0n) is 11.7. The Labute approximate surface area is 117 Å². The van der Waals surface area contributed by atoms with Gasteiger partial charge in [-0.05, 0) is 6.42 Å². The fraction of sp³-hybridized carbons (Fsp3) is 0.333. The van der Waals surface area contributed by atoms with E-state index >= 15 is 0 Å². The fourth-order valence-corrected chi connectivity index (χ4v) is 2.20. The van der Waals surface area contributed by atoms with Crippen LogP contribution in [0.15, 0.2) is 30.5 Å². The van der Waals surface area contributed by atoms with Gasteiger partial charge >= 0.3 is 5.97 Å². The van der Waals surface area contributed by atoms with Crippen molar-refractivity contribution < 1.29 is 14.6 Å². The minimum absolute atomic E-state index is 0.231. The number of aromatic nitrogens is 1. The molecule has 20 heavy (non-hydrogen) atoms. The number of fused-ring (bicyclic) bond motifs is 1. The Morgan fingerprint density at radius 3 is 2.70 bits per heavy atom. The Balaban J connectivity index is 2.40. The van der Waals surface area contributed by atoms with Crippen LogP contribution in [0.1, 0.15) is 16.8 Å². The number of benzene rings is 1. The van der Waals surface area contributed by atoms with Crippen LogP contribution in [-0.4, -0.2) is 43.4 Å². The van der Waals surface area contributed by atoms with Gasteiger partial charge in [0.25, 0.3) is 0 Å². The molecule has 0 aliphatic rings. The summed E-state index contributed by atoms with van der Waals surface area (Å²) in [4.78, 5) is 17.6. The summed E-state index contributed by atoms with van der Waals surface area (Å²) in [6.07, 6.45) is 2.32. The lowest BCUT2D eigenvalue weighted by atomic mass is 10.1. The maximum Gasteiger partial charge on any atom is 0.337 e. The van der Waals surface area contributed by atoms with Crippen LogP contribution in [-0.2, 0) is 4.74 Å². The topological polar surface area (TPSA) is 62.7 Å². The van der Waals surface area contributed by atoms with Gasteiger partial charge < -0.3 is 14.7 Å². The first kappa shape index (κ1) is 14.3. The van der Waals surface area contributed by atoms with E-state index in [1.165, 1.54) is 6.20 Å². The molecule has 0 atom stereocenters. The molecule has 0 radical (unpaired) electrons. The molecule has 0 bridgehead atoms. The third-order valence-electron chi connectivity index (χ3n) is 3.21. The van der Waals surface area contributed by atoms with Crippen molar-refractivity contribution in [3.63, 3.8) is 0 Å². The first-order chi connectivity index (χ1) is 9.65. The van der Waals surface area contributed by atoms with Crippen LogP contribution in [0.25, 0.3) is 10.8 Å². The number of nitrogens with zero attached hydrogens (tertiary/aromatic N) is 2. The molecule has 5 nitrogen and oxygen atoms in total. The quantitative estimate of drug-likeness (QED) is 0.820. The summed E-state index contributed by atoms with van der Waals surface area (Å²) >= 11 is 0. The summed E-state index contributed by atoms with van der Waals surface area (Å²) in [7, 11) is 3.63. The zero-order chi connectivity index (χ0) is 14.5. The largest absolute Gasteiger partial charge is 0.478 e. The summed E-state index contributed by atoms with van der Waals surface area (Å²) in [6, 6.07) is 7.44. The number of carbonyl (C=O) groups is 1. The average molecular weight is 274 g/mol. The highest BCUT2D eigenvalue weighted by Gasteiger charge is 2.14. The lowest BCUT2D eigenvalue weighted by molar-refractivity contribution is 0.0698. The highest BCUT2D eigenvalue weighted by Crippen LogP contribution is 2.26. The molecule has 0 saturated heterocycles. The van der Waals surface area contributed by atoms with Crippen molar-refractivity contribution in [2.75, 3.05) is 32.2 Å². The molecular formula is C15H18N2O3. The van der Waals surface area contributed by atoms with Crippen molar-refractivity contribution in [3.8, 4) is 0 Å². The molecule has 0 fully saturated rings. The number of hydrogen-bond donors (Lipinski definition) is 1. The Kier molecular flexibility index (Phi) is 4.53. The second kappa shape index (κ2) is 6.34. The van der Waals surface area contributed by atoms with Crippen LogP contribution in [0, 0.1) is 0 Å². The monoisotopic (exact) mass is 274 g/mol. The number of anilines is 1. The molecule has 1 aromatic carbocycles. The van der Waals surface area contributed by atoms with Gasteiger partial charge in [0.15, 0.2) is 0 Å². The van der Waals surface area contributed by atoms with Crippen molar-refractivity contribution in [3.05, 3.63) is 36.0 Å². The predicted octanol–water partition coefficient (Wildman–Crippen LogP) is 2.41. The highest BCUT2D eigenvalue weighted by molar-refractivity contribution is 6.06. The normalized spacial score (nSPS) is 10.7. The Morgan fingerprint density at radius 1 is 1.35 bits per heavy atom. The second-order valence-electron chi connectivity index (χ2n) is 4.61. The van der Waals surface area contributed by atoms with E-state index in [9.17, 15) is 9.90 Å². The first-order valence-electron chi connectivity index (χ1n) is 6.46. The van der Waals surface area contributed by atoms with Gasteiger partial charge in [0.1, 0.15) is 5.82 Å². The van der Waals surface area contributed by atoms with Crippen LogP contribution in [0.5, 0.6) is 0 Å². The van der Waals surface area contributed by atoms with E-state index in [4.69, 9.17) is 4.74 Å². The van der Waals surface area contributed by atoms with E-state index in [2.05, 4.69) is 4.98 Å². The molecule has 0 aliphatic heterocycles. The van der Waals surface area contributed by atoms with E-state index in [0.29, 0.717) is 12.0 Å². The number of carboxylic acids is 1. The minimum atomic E-state index is -0.956. The molecule has 0 spiro atoms. The number of carboxylic acid groups (broad SMARTS) is 1. The van der Waals surface area contributed by atoms with E-state index in [-0.39, 0.29) is 5.56 Å². The summed E-state index contributed by atoms with van der Waals surface area (Å²) in [5, 5.41) is 10.8. The van der Waals surface area contributed by atoms with Gasteiger partial charge in [-0.15, -0.1) is 0 Å². The van der Waals surface area contributed by atoms with Crippen LogP contribution in [0.3, 0.4) is 0 Å². The number of aromatic carboxylic acids is 1. The number of ether oxygens (including phenoxy) is 1. The molecule has 2 aromatic rings. The van der Waals surface area contributed by atoms with Gasteiger partial charge in [0, 0.05) is 44.3 Å². The third-order valence-corrected chi connectivity index (χ3v) is 3.21. The summed E-state index contributed by atoms with van der Waals surface area (Å²) in [5.74, 6) is -0.163. The minimum Gasteiger partial charge on any atom is -0.478 e. The lowest BCUT2D eigenvalue weighted by Gasteiger charge is -2.20. The maximum atomic E-state index is 11.2. The van der Waals surface area contributed by atoms with E-state index < -0.39 is 5.97 Å². The Hall–Kier alpha value is -2.14. The van der Waals surface area contributed by atoms with Crippen molar-refractivity contribution in [1.82, 2.24) is 4.98 Å². The maximum absolute atomic E-state index is 11.2. The standard InChI is InChI=1S/C15H18N2O3/c1-17(8-5-9-20-2)14-12-7-4-3-6-11(12)13(10-16-14)15(18)19/h3-4,6-7,10H,5,8-9H2,1-2H3,(H,18,19). The number of pyridine rings is 1. The molecule has 0 amide bonds. The number of methoxy groups -OCH3 is 1. The van der Waals surface area contributed by atoms with Gasteiger partial charge in [-0.1, -0.05) is 24.3 Å². The van der Waals surface area contributed by atoms with E-state index in [1.807, 2.05) is 36.2 Å². The SMILES string of the molecule is COCCCN(C)c1ncc(C(=O)O)c2ccccc12. The summed E-state index contributed by atoms with van der Waals surface area (Å²) in [6.45, 7) is 1.49. The molecule has 5 heteroatoms. The van der Waals surface area contributed by atoms with Crippen molar-refractivity contribution >= 4 is 22.6 Å². The highest BCUT2D eigenvalue weighted by atomic mass is 16.5. The third kappa shape index (κ3) is 2.88. The smallest absolute Gasteiger partial charge is 0.337 e. The zero-order valence-corrected chi connectivity index (χ0v) is 11.7. The Morgan fingerprint density at radius 2 is 2.05 bits per heavy atom. The summed E-state index contributed by atoms with van der Waals surface area (Å²) in [5.41, 5.74) is 0.231. The molecular weight excluding hydrogens is 256 g/mol. The first-order valence-corrected chi connectivity index (χ1v) is 6.46. The van der Waals surface area contributed by atoms with Crippen molar-refractivity contribution in [1.29, 1.82) is 0 Å². The molecule has 0 saturated carbocycles. The molecule has 0 aliphatic carbocycles. The van der Waals surface area contributed by atoms with Gasteiger partial charge in [-0.25, -0.2) is 9.78 Å². The summed E-state index contributed by atoms with van der Waals surface area (Å²) < 4.78 is 5.04. The molecule has 1 N–H and O–H groups in total. The van der Waals surface area contributed by atoms with Gasteiger partial charge in [0.05, 0.1) is 5.56 Å². The molecule has 1 heterocycles. The lowest BCUT2D eigenvalue weighted by Crippen LogP contribution is -2.21. The molecule has 106 valence electrons. The van der Waals surface area contributed by atoms with E-state index in [1.54, 1.807) is 7.11 Å². The number of hydrogen-bond acceptors (Lipinski definition) is 4. The second-order valence-corrected chi connectivity index (χ2v) is 4.61. The molecule has 1 aromatic heterocycles. The molecule has 2 rings (SSSR count). The van der Waals surface area contributed by atoms with Gasteiger partial charge in [0.2, 0.25) is 0 Å². The Bertz CT molecular complexity index is 613. The van der Waals surface area contributed by atoms with Gasteiger partial charge in [-0.2, -0.15) is 0 Å². The van der Waals surface area contributed by atoms with E-state index in [0.717, 1.165) is 24.2 Å². The van der Waals surface area contributed by atoms with Crippen molar-refractivity contribution in [2.24, 2.45) is 0 Å². The van der Waals surface area contributed by atoms with Crippen molar-refractivity contribution in [2.45, 2.75) is 6.42 Å².